The Bertz CT molecular complexity index is 1150. The van der Waals surface area contributed by atoms with Gasteiger partial charge < -0.3 is 19.6 Å². The maximum absolute atomic E-state index is 14.0. The van der Waals surface area contributed by atoms with E-state index in [4.69, 9.17) is 4.74 Å². The van der Waals surface area contributed by atoms with Crippen molar-refractivity contribution < 1.29 is 18.6 Å². The van der Waals surface area contributed by atoms with Gasteiger partial charge in [-0.05, 0) is 61.7 Å². The Morgan fingerprint density at radius 2 is 1.53 bits per heavy atom. The van der Waals surface area contributed by atoms with Crippen LogP contribution in [0.1, 0.15) is 25.3 Å². The molecule has 1 fully saturated rings. The summed E-state index contributed by atoms with van der Waals surface area (Å²) in [6.07, 6.45) is 0.945. The van der Waals surface area contributed by atoms with Gasteiger partial charge in [-0.15, -0.1) is 0 Å². The number of ether oxygens (including phenoxy) is 1. The Labute approximate surface area is 186 Å². The van der Waals surface area contributed by atoms with Crippen molar-refractivity contribution in [2.45, 2.75) is 25.4 Å². The molecule has 1 N–H and O–H groups in total. The SMILES string of the molecule is CC1=C(N2CCC(O)(c3ccc(F)cc3)CC2)Oc2cc(F)ccc2N1c1ccccc1. The van der Waals surface area contributed by atoms with Crippen LogP contribution < -0.4 is 9.64 Å². The number of piperidine rings is 1. The van der Waals surface area contributed by atoms with Crippen LogP contribution >= 0.6 is 0 Å². The number of allylic oxidation sites excluding steroid dienone is 1. The summed E-state index contributed by atoms with van der Waals surface area (Å²) < 4.78 is 33.5. The fourth-order valence-electron chi connectivity index (χ4n) is 4.54. The molecule has 0 radical (unpaired) electrons. The molecule has 2 heterocycles. The molecule has 1 saturated heterocycles. The van der Waals surface area contributed by atoms with Gasteiger partial charge in [-0.25, -0.2) is 8.78 Å². The molecule has 0 aromatic heterocycles. The summed E-state index contributed by atoms with van der Waals surface area (Å²) in [7, 11) is 0. The van der Waals surface area contributed by atoms with Gasteiger partial charge in [0.2, 0.25) is 5.88 Å². The Morgan fingerprint density at radius 3 is 2.22 bits per heavy atom. The van der Waals surface area contributed by atoms with Crippen molar-refractivity contribution in [3.63, 3.8) is 0 Å². The molecule has 32 heavy (non-hydrogen) atoms. The molecular weight excluding hydrogens is 410 g/mol. The van der Waals surface area contributed by atoms with Gasteiger partial charge in [0.25, 0.3) is 0 Å². The lowest BCUT2D eigenvalue weighted by molar-refractivity contribution is -0.0266. The Balaban J connectivity index is 1.46. The number of nitrogens with zero attached hydrogens (tertiary/aromatic N) is 2. The molecule has 0 unspecified atom stereocenters. The van der Waals surface area contributed by atoms with Crippen molar-refractivity contribution in [3.05, 3.63) is 102 Å². The third kappa shape index (κ3) is 3.60. The average Bonchev–Trinajstić information content (AvgIpc) is 2.80. The van der Waals surface area contributed by atoms with Crippen molar-refractivity contribution in [2.24, 2.45) is 0 Å². The second-order valence-corrected chi connectivity index (χ2v) is 8.30. The molecule has 2 aliphatic rings. The number of benzene rings is 3. The largest absolute Gasteiger partial charge is 0.437 e. The van der Waals surface area contributed by atoms with Gasteiger partial charge in [-0.2, -0.15) is 0 Å². The lowest BCUT2D eigenvalue weighted by Crippen LogP contribution is -2.44. The molecule has 164 valence electrons. The third-order valence-electron chi connectivity index (χ3n) is 6.29. The molecule has 6 heteroatoms. The monoisotopic (exact) mass is 434 g/mol. The number of hydrogen-bond acceptors (Lipinski definition) is 4. The molecule has 0 atom stereocenters. The van der Waals surface area contributed by atoms with E-state index in [0.29, 0.717) is 43.1 Å². The summed E-state index contributed by atoms with van der Waals surface area (Å²) >= 11 is 0. The van der Waals surface area contributed by atoms with Gasteiger partial charge in [-0.1, -0.05) is 30.3 Å². The molecule has 0 amide bonds. The highest BCUT2D eigenvalue weighted by atomic mass is 19.1. The summed E-state index contributed by atoms with van der Waals surface area (Å²) in [5.74, 6) is 0.417. The zero-order valence-electron chi connectivity index (χ0n) is 17.8. The second kappa shape index (κ2) is 7.95. The van der Waals surface area contributed by atoms with E-state index < -0.39 is 5.60 Å². The van der Waals surface area contributed by atoms with E-state index in [0.717, 1.165) is 17.1 Å². The molecule has 4 nitrogen and oxygen atoms in total. The van der Waals surface area contributed by atoms with Crippen molar-refractivity contribution in [1.82, 2.24) is 4.90 Å². The smallest absolute Gasteiger partial charge is 0.215 e. The predicted octanol–water partition coefficient (Wildman–Crippen LogP) is 5.67. The van der Waals surface area contributed by atoms with Crippen molar-refractivity contribution in [3.8, 4) is 5.75 Å². The summed E-state index contributed by atoms with van der Waals surface area (Å²) in [5, 5.41) is 11.2. The maximum Gasteiger partial charge on any atom is 0.215 e. The zero-order valence-corrected chi connectivity index (χ0v) is 17.8. The number of para-hydroxylation sites is 1. The molecule has 0 bridgehead atoms. The van der Waals surface area contributed by atoms with Crippen molar-refractivity contribution >= 4 is 11.4 Å². The fraction of sp³-hybridized carbons (Fsp3) is 0.231. The van der Waals surface area contributed by atoms with Crippen LogP contribution in [0.3, 0.4) is 0 Å². The van der Waals surface area contributed by atoms with Gasteiger partial charge in [0.1, 0.15) is 11.6 Å². The molecule has 5 rings (SSSR count). The minimum atomic E-state index is -1.02. The van der Waals surface area contributed by atoms with E-state index in [1.807, 2.05) is 37.3 Å². The quantitative estimate of drug-likeness (QED) is 0.576. The van der Waals surface area contributed by atoms with Gasteiger partial charge in [-0.3, -0.25) is 0 Å². The molecule has 0 saturated carbocycles. The number of aliphatic hydroxyl groups is 1. The molecule has 0 aliphatic carbocycles. The number of anilines is 2. The zero-order chi connectivity index (χ0) is 22.3. The van der Waals surface area contributed by atoms with Crippen LogP contribution in [0.2, 0.25) is 0 Å². The van der Waals surface area contributed by atoms with Crippen LogP contribution in [0.4, 0.5) is 20.2 Å². The van der Waals surface area contributed by atoms with Crippen LogP contribution in [0.5, 0.6) is 5.75 Å². The first-order chi connectivity index (χ1) is 15.4. The summed E-state index contributed by atoms with van der Waals surface area (Å²) in [5.41, 5.74) is 2.32. The highest BCUT2D eigenvalue weighted by Crippen LogP contribution is 2.44. The molecule has 0 spiro atoms. The van der Waals surface area contributed by atoms with Crippen LogP contribution in [0.15, 0.2) is 84.4 Å². The highest BCUT2D eigenvalue weighted by Gasteiger charge is 2.37. The number of rotatable bonds is 3. The molecule has 2 aliphatic heterocycles. The minimum absolute atomic E-state index is 0.321. The van der Waals surface area contributed by atoms with Crippen LogP contribution in [-0.4, -0.2) is 23.1 Å². The maximum atomic E-state index is 14.0. The van der Waals surface area contributed by atoms with Gasteiger partial charge >= 0.3 is 0 Å². The minimum Gasteiger partial charge on any atom is -0.437 e. The van der Waals surface area contributed by atoms with Crippen LogP contribution in [-0.2, 0) is 5.60 Å². The first-order valence-corrected chi connectivity index (χ1v) is 10.7. The molecular formula is C26H24F2N2O2. The number of halogens is 2. The Kier molecular flexibility index (Phi) is 5.10. The highest BCUT2D eigenvalue weighted by molar-refractivity contribution is 5.75. The van der Waals surface area contributed by atoms with Gasteiger partial charge in [0.05, 0.1) is 17.0 Å². The lowest BCUT2D eigenvalue weighted by atomic mass is 9.84. The van der Waals surface area contributed by atoms with Crippen molar-refractivity contribution in [2.75, 3.05) is 18.0 Å². The molecule has 3 aromatic carbocycles. The first kappa shape index (κ1) is 20.5. The lowest BCUT2D eigenvalue weighted by Gasteiger charge is -2.43. The summed E-state index contributed by atoms with van der Waals surface area (Å²) in [6, 6.07) is 20.5. The Morgan fingerprint density at radius 1 is 0.875 bits per heavy atom. The normalized spacial score (nSPS) is 17.8. The van der Waals surface area contributed by atoms with Crippen LogP contribution in [0.25, 0.3) is 0 Å². The van der Waals surface area contributed by atoms with E-state index >= 15 is 0 Å². The number of hydrogen-bond donors (Lipinski definition) is 1. The van der Waals surface area contributed by atoms with Gasteiger partial charge in [0.15, 0.2) is 5.75 Å². The molecule has 3 aromatic rings. The van der Waals surface area contributed by atoms with Crippen LogP contribution in [0, 0.1) is 11.6 Å². The number of likely N-dealkylation sites (tertiary alicyclic amines) is 1. The fourth-order valence-corrected chi connectivity index (χ4v) is 4.54. The average molecular weight is 434 g/mol. The number of fused-ring (bicyclic) bond motifs is 1. The third-order valence-corrected chi connectivity index (χ3v) is 6.29. The van der Waals surface area contributed by atoms with Gasteiger partial charge in [0, 0.05) is 24.8 Å². The van der Waals surface area contributed by atoms with E-state index in [1.165, 1.54) is 24.3 Å². The standard InChI is InChI=1S/C26H24F2N2O2/c1-18-25(29-15-13-26(31,14-16-29)19-7-9-20(27)10-8-19)32-24-17-21(28)11-12-23(24)30(18)22-5-3-2-4-6-22/h2-12,17,31H,13-16H2,1H3. The second-order valence-electron chi connectivity index (χ2n) is 8.30. The van der Waals surface area contributed by atoms with E-state index in [9.17, 15) is 13.9 Å². The summed E-state index contributed by atoms with van der Waals surface area (Å²) in [6.45, 7) is 3.08. The van der Waals surface area contributed by atoms with E-state index in [1.54, 1.807) is 18.2 Å². The van der Waals surface area contributed by atoms with E-state index in [-0.39, 0.29) is 11.6 Å². The van der Waals surface area contributed by atoms with E-state index in [2.05, 4.69) is 9.80 Å². The summed E-state index contributed by atoms with van der Waals surface area (Å²) in [4.78, 5) is 4.14. The van der Waals surface area contributed by atoms with Crippen molar-refractivity contribution in [1.29, 1.82) is 0 Å². The Hall–Kier alpha value is -3.38. The first-order valence-electron chi connectivity index (χ1n) is 10.7. The predicted molar refractivity (Wildman–Crippen MR) is 119 cm³/mol. The topological polar surface area (TPSA) is 35.9 Å².